The molecule has 1 aromatic rings. The Kier molecular flexibility index (Phi) is 3.14. The van der Waals surface area contributed by atoms with E-state index in [4.69, 9.17) is 4.74 Å². The number of nitrogens with one attached hydrogen (secondary N) is 1. The molecule has 0 amide bonds. The molecule has 1 unspecified atom stereocenters. The molecule has 1 N–H and O–H groups in total. The number of ether oxygens (including phenoxy) is 1. The Morgan fingerprint density at radius 3 is 2.94 bits per heavy atom. The van der Waals surface area contributed by atoms with Crippen LogP contribution in [0.2, 0.25) is 0 Å². The van der Waals surface area contributed by atoms with Gasteiger partial charge in [0.15, 0.2) is 0 Å². The van der Waals surface area contributed by atoms with Crippen LogP contribution in [0.5, 0.6) is 5.75 Å². The summed E-state index contributed by atoms with van der Waals surface area (Å²) in [6.07, 6.45) is 3.72. The highest BCUT2D eigenvalue weighted by Crippen LogP contribution is 2.36. The smallest absolute Gasteiger partial charge is 0.124 e. The largest absolute Gasteiger partial charge is 0.493 e. The summed E-state index contributed by atoms with van der Waals surface area (Å²) in [5.74, 6) is 1.94. The van der Waals surface area contributed by atoms with E-state index in [1.807, 2.05) is 6.07 Å². The number of benzene rings is 1. The highest BCUT2D eigenvalue weighted by Gasteiger charge is 2.30. The molecule has 1 aliphatic carbocycles. The minimum absolute atomic E-state index is 0.466. The van der Waals surface area contributed by atoms with E-state index < -0.39 is 0 Å². The Morgan fingerprint density at radius 1 is 1.35 bits per heavy atom. The lowest BCUT2D eigenvalue weighted by molar-refractivity contribution is 0.189. The molecule has 0 saturated heterocycles. The molecule has 1 aromatic carbocycles. The van der Waals surface area contributed by atoms with Crippen molar-refractivity contribution >= 4 is 15.9 Å². The number of hydrogen-bond acceptors (Lipinski definition) is 2. The first kappa shape index (κ1) is 11.5. The van der Waals surface area contributed by atoms with Gasteiger partial charge in [-0.2, -0.15) is 0 Å². The summed E-state index contributed by atoms with van der Waals surface area (Å²) in [7, 11) is 0. The molecule has 2 nitrogen and oxygen atoms in total. The lowest BCUT2D eigenvalue weighted by atomic mass is 9.81. The summed E-state index contributed by atoms with van der Waals surface area (Å²) < 4.78 is 6.84. The third kappa shape index (κ3) is 2.36. The van der Waals surface area contributed by atoms with Gasteiger partial charge in [0.25, 0.3) is 0 Å². The Morgan fingerprint density at radius 2 is 2.18 bits per heavy atom. The Labute approximate surface area is 111 Å². The fraction of sp³-hybridized carbons (Fsp3) is 0.571. The molecule has 1 aliphatic heterocycles. The van der Waals surface area contributed by atoms with Crippen LogP contribution in [0.15, 0.2) is 22.7 Å². The van der Waals surface area contributed by atoms with Crippen molar-refractivity contribution in [1.29, 1.82) is 0 Å². The van der Waals surface area contributed by atoms with Gasteiger partial charge in [0, 0.05) is 28.5 Å². The number of halogens is 1. The highest BCUT2D eigenvalue weighted by atomic mass is 79.9. The molecule has 17 heavy (non-hydrogen) atoms. The predicted octanol–water partition coefficient (Wildman–Crippen LogP) is 3.66. The molecular weight excluding hydrogens is 278 g/mol. The van der Waals surface area contributed by atoms with Crippen molar-refractivity contribution in [2.24, 2.45) is 5.92 Å². The molecule has 1 saturated carbocycles. The van der Waals surface area contributed by atoms with Gasteiger partial charge in [-0.3, -0.25) is 0 Å². The van der Waals surface area contributed by atoms with Crippen LogP contribution in [-0.4, -0.2) is 12.6 Å². The maximum Gasteiger partial charge on any atom is 0.124 e. The van der Waals surface area contributed by atoms with Crippen LogP contribution in [0, 0.1) is 5.92 Å². The average Bonchev–Trinajstić information content (AvgIpc) is 2.28. The summed E-state index contributed by atoms with van der Waals surface area (Å²) >= 11 is 3.54. The van der Waals surface area contributed by atoms with E-state index in [2.05, 4.69) is 40.3 Å². The van der Waals surface area contributed by atoms with Gasteiger partial charge in [-0.15, -0.1) is 0 Å². The van der Waals surface area contributed by atoms with Crippen LogP contribution >= 0.6 is 15.9 Å². The van der Waals surface area contributed by atoms with Crippen molar-refractivity contribution in [2.75, 3.05) is 6.61 Å². The quantitative estimate of drug-likeness (QED) is 0.899. The monoisotopic (exact) mass is 295 g/mol. The second kappa shape index (κ2) is 4.62. The molecule has 2 aliphatic rings. The lowest BCUT2D eigenvalue weighted by Crippen LogP contribution is -2.43. The van der Waals surface area contributed by atoms with Crippen LogP contribution in [-0.2, 0) is 0 Å². The van der Waals surface area contributed by atoms with Crippen LogP contribution in [0.3, 0.4) is 0 Å². The van der Waals surface area contributed by atoms with E-state index in [-0.39, 0.29) is 0 Å². The zero-order valence-corrected chi connectivity index (χ0v) is 11.7. The Balaban J connectivity index is 1.76. The van der Waals surface area contributed by atoms with Crippen LogP contribution in [0.25, 0.3) is 0 Å². The van der Waals surface area contributed by atoms with Crippen molar-refractivity contribution in [3.63, 3.8) is 0 Å². The molecule has 0 radical (unpaired) electrons. The van der Waals surface area contributed by atoms with Gasteiger partial charge < -0.3 is 10.1 Å². The van der Waals surface area contributed by atoms with Gasteiger partial charge in [0.05, 0.1) is 6.61 Å². The third-order valence-electron chi connectivity index (χ3n) is 3.82. The second-order valence-electron chi connectivity index (χ2n) is 5.31. The molecule has 3 heteroatoms. The molecule has 92 valence electrons. The number of fused-ring (bicyclic) bond motifs is 1. The maximum absolute atomic E-state index is 5.70. The third-order valence-corrected chi connectivity index (χ3v) is 4.32. The van der Waals surface area contributed by atoms with Crippen molar-refractivity contribution in [3.05, 3.63) is 28.2 Å². The topological polar surface area (TPSA) is 21.3 Å². The van der Waals surface area contributed by atoms with E-state index in [1.54, 1.807) is 0 Å². The summed E-state index contributed by atoms with van der Waals surface area (Å²) in [5, 5.41) is 3.77. The van der Waals surface area contributed by atoms with Gasteiger partial charge in [0.2, 0.25) is 0 Å². The molecule has 1 fully saturated rings. The Bertz CT molecular complexity index is 415. The Hall–Kier alpha value is -0.540. The van der Waals surface area contributed by atoms with E-state index in [0.29, 0.717) is 12.1 Å². The fourth-order valence-corrected chi connectivity index (χ4v) is 3.24. The molecule has 0 aromatic heterocycles. The first-order valence-corrected chi connectivity index (χ1v) is 7.20. The number of rotatable bonds is 2. The minimum Gasteiger partial charge on any atom is -0.493 e. The zero-order valence-electron chi connectivity index (χ0n) is 10.1. The van der Waals surface area contributed by atoms with Crippen LogP contribution in [0.1, 0.15) is 37.8 Å². The van der Waals surface area contributed by atoms with Crippen molar-refractivity contribution < 1.29 is 4.74 Å². The minimum atomic E-state index is 0.466. The SMILES string of the molecule is CC1CC(NC2CCOc3ccc(Br)cc32)C1. The van der Waals surface area contributed by atoms with Crippen molar-refractivity contribution in [3.8, 4) is 5.75 Å². The van der Waals surface area contributed by atoms with Crippen LogP contribution in [0.4, 0.5) is 0 Å². The van der Waals surface area contributed by atoms with Crippen molar-refractivity contribution in [2.45, 2.75) is 38.3 Å². The predicted molar refractivity (Wildman–Crippen MR) is 72.3 cm³/mol. The van der Waals surface area contributed by atoms with E-state index in [9.17, 15) is 0 Å². The van der Waals surface area contributed by atoms with E-state index in [1.165, 1.54) is 18.4 Å². The van der Waals surface area contributed by atoms with Gasteiger partial charge in [0.1, 0.15) is 5.75 Å². The molecular formula is C14H18BrNO. The zero-order chi connectivity index (χ0) is 11.8. The van der Waals surface area contributed by atoms with Crippen molar-refractivity contribution in [1.82, 2.24) is 5.32 Å². The van der Waals surface area contributed by atoms with Gasteiger partial charge in [-0.05, 0) is 37.0 Å². The first-order valence-electron chi connectivity index (χ1n) is 6.40. The summed E-state index contributed by atoms with van der Waals surface area (Å²) in [6.45, 7) is 3.15. The summed E-state index contributed by atoms with van der Waals surface area (Å²) in [4.78, 5) is 0. The summed E-state index contributed by atoms with van der Waals surface area (Å²) in [5.41, 5.74) is 1.31. The molecule has 1 atom stereocenters. The molecule has 1 heterocycles. The van der Waals surface area contributed by atoms with Gasteiger partial charge in [-0.1, -0.05) is 22.9 Å². The maximum atomic E-state index is 5.70. The van der Waals surface area contributed by atoms with E-state index in [0.717, 1.165) is 29.2 Å². The lowest BCUT2D eigenvalue weighted by Gasteiger charge is -2.38. The standard InChI is InChI=1S/C14H18BrNO/c1-9-6-11(7-9)16-13-4-5-17-14-3-2-10(15)8-12(13)14/h2-3,8-9,11,13,16H,4-7H2,1H3. The molecule has 0 spiro atoms. The van der Waals surface area contributed by atoms with Gasteiger partial charge in [-0.25, -0.2) is 0 Å². The molecule has 0 bridgehead atoms. The fourth-order valence-electron chi connectivity index (χ4n) is 2.86. The average molecular weight is 296 g/mol. The van der Waals surface area contributed by atoms with E-state index >= 15 is 0 Å². The van der Waals surface area contributed by atoms with Gasteiger partial charge >= 0.3 is 0 Å². The summed E-state index contributed by atoms with van der Waals surface area (Å²) in [6, 6.07) is 7.48. The first-order chi connectivity index (χ1) is 8.22. The number of hydrogen-bond donors (Lipinski definition) is 1. The van der Waals surface area contributed by atoms with Crippen LogP contribution < -0.4 is 10.1 Å². The molecule has 3 rings (SSSR count). The second-order valence-corrected chi connectivity index (χ2v) is 6.23. The normalized spacial score (nSPS) is 31.3. The highest BCUT2D eigenvalue weighted by molar-refractivity contribution is 9.10.